The fourth-order valence-corrected chi connectivity index (χ4v) is 3.77. The number of ether oxygens (including phenoxy) is 1. The molecule has 0 radical (unpaired) electrons. The van der Waals surface area contributed by atoms with Gasteiger partial charge < -0.3 is 15.0 Å². The first-order valence-corrected chi connectivity index (χ1v) is 11.3. The Kier molecular flexibility index (Phi) is 9.67. The van der Waals surface area contributed by atoms with Crippen LogP contribution in [0.4, 0.5) is 0 Å². The smallest absolute Gasteiger partial charge is 0.243 e. The Bertz CT molecular complexity index is 978. The SMILES string of the molecule is COCCNC(=O)[C@@H](Cc1ccccc1)N(Cc1ccccc1)C(=O)CCc1ccccc1. The molecule has 0 aliphatic carbocycles. The Morgan fingerprint density at radius 1 is 0.818 bits per heavy atom. The second kappa shape index (κ2) is 13.2. The monoisotopic (exact) mass is 444 g/mol. The quantitative estimate of drug-likeness (QED) is 0.429. The van der Waals surface area contributed by atoms with Crippen molar-refractivity contribution in [2.75, 3.05) is 20.3 Å². The van der Waals surface area contributed by atoms with Crippen molar-refractivity contribution in [3.8, 4) is 0 Å². The molecule has 5 nitrogen and oxygen atoms in total. The number of carbonyl (C=O) groups excluding carboxylic acids is 2. The van der Waals surface area contributed by atoms with E-state index in [0.29, 0.717) is 39.0 Å². The average Bonchev–Trinajstić information content (AvgIpc) is 2.86. The number of hydrogen-bond donors (Lipinski definition) is 1. The summed E-state index contributed by atoms with van der Waals surface area (Å²) in [6.07, 6.45) is 1.42. The summed E-state index contributed by atoms with van der Waals surface area (Å²) < 4.78 is 5.09. The first-order chi connectivity index (χ1) is 16.2. The molecule has 0 heterocycles. The van der Waals surface area contributed by atoms with Gasteiger partial charge in [0.1, 0.15) is 6.04 Å². The molecule has 1 atom stereocenters. The summed E-state index contributed by atoms with van der Waals surface area (Å²) in [4.78, 5) is 28.5. The van der Waals surface area contributed by atoms with Gasteiger partial charge in [-0.2, -0.15) is 0 Å². The van der Waals surface area contributed by atoms with Crippen molar-refractivity contribution in [1.29, 1.82) is 0 Å². The molecule has 0 aliphatic rings. The average molecular weight is 445 g/mol. The molecule has 1 N–H and O–H groups in total. The second-order valence-corrected chi connectivity index (χ2v) is 7.98. The highest BCUT2D eigenvalue weighted by Gasteiger charge is 2.30. The molecule has 0 unspecified atom stereocenters. The van der Waals surface area contributed by atoms with E-state index in [2.05, 4.69) is 5.32 Å². The molecule has 5 heteroatoms. The van der Waals surface area contributed by atoms with Crippen molar-refractivity contribution in [3.05, 3.63) is 108 Å². The molecule has 2 amide bonds. The molecule has 3 aromatic rings. The van der Waals surface area contributed by atoms with Crippen molar-refractivity contribution in [2.24, 2.45) is 0 Å². The Labute approximate surface area is 196 Å². The number of methoxy groups -OCH3 is 1. The van der Waals surface area contributed by atoms with Crippen molar-refractivity contribution in [3.63, 3.8) is 0 Å². The predicted molar refractivity (Wildman–Crippen MR) is 131 cm³/mol. The van der Waals surface area contributed by atoms with Crippen LogP contribution in [-0.2, 0) is 33.7 Å². The van der Waals surface area contributed by atoms with E-state index in [0.717, 1.165) is 16.7 Å². The molecule has 0 bridgehead atoms. The minimum atomic E-state index is -0.618. The number of rotatable bonds is 12. The summed E-state index contributed by atoms with van der Waals surface area (Å²) >= 11 is 0. The third-order valence-corrected chi connectivity index (χ3v) is 5.54. The van der Waals surface area contributed by atoms with E-state index in [1.54, 1.807) is 12.0 Å². The van der Waals surface area contributed by atoms with E-state index in [9.17, 15) is 9.59 Å². The maximum Gasteiger partial charge on any atom is 0.243 e. The first kappa shape index (κ1) is 24.2. The zero-order valence-electron chi connectivity index (χ0n) is 19.2. The molecule has 0 fully saturated rings. The summed E-state index contributed by atoms with van der Waals surface area (Å²) in [6, 6.07) is 29.0. The molecule has 0 saturated carbocycles. The summed E-state index contributed by atoms with van der Waals surface area (Å²) in [5.41, 5.74) is 3.11. The number of benzene rings is 3. The van der Waals surface area contributed by atoms with Gasteiger partial charge in [0.05, 0.1) is 6.61 Å². The van der Waals surface area contributed by atoms with E-state index < -0.39 is 6.04 Å². The molecular formula is C28H32N2O3. The van der Waals surface area contributed by atoms with Crippen LogP contribution in [0.5, 0.6) is 0 Å². The van der Waals surface area contributed by atoms with Crippen LogP contribution in [0.15, 0.2) is 91.0 Å². The highest BCUT2D eigenvalue weighted by molar-refractivity contribution is 5.88. The lowest BCUT2D eigenvalue weighted by Gasteiger charge is -2.31. The van der Waals surface area contributed by atoms with E-state index >= 15 is 0 Å². The van der Waals surface area contributed by atoms with Crippen molar-refractivity contribution < 1.29 is 14.3 Å². The van der Waals surface area contributed by atoms with Gasteiger partial charge in [-0.3, -0.25) is 9.59 Å². The fourth-order valence-electron chi connectivity index (χ4n) is 3.77. The number of nitrogens with zero attached hydrogens (tertiary/aromatic N) is 1. The lowest BCUT2D eigenvalue weighted by Crippen LogP contribution is -2.51. The van der Waals surface area contributed by atoms with Crippen molar-refractivity contribution >= 4 is 11.8 Å². The number of amides is 2. The van der Waals surface area contributed by atoms with Gasteiger partial charge in [-0.25, -0.2) is 0 Å². The van der Waals surface area contributed by atoms with Crippen molar-refractivity contribution in [2.45, 2.75) is 31.8 Å². The summed E-state index contributed by atoms with van der Waals surface area (Å²) in [7, 11) is 1.60. The zero-order chi connectivity index (χ0) is 23.3. The lowest BCUT2D eigenvalue weighted by atomic mass is 10.0. The van der Waals surface area contributed by atoms with Crippen LogP contribution < -0.4 is 5.32 Å². The number of nitrogens with one attached hydrogen (secondary N) is 1. The summed E-state index contributed by atoms with van der Waals surface area (Å²) in [5, 5.41) is 2.94. The van der Waals surface area contributed by atoms with Crippen LogP contribution in [-0.4, -0.2) is 43.0 Å². The number of aryl methyl sites for hydroxylation is 1. The molecule has 3 rings (SSSR count). The largest absolute Gasteiger partial charge is 0.383 e. The van der Waals surface area contributed by atoms with Crippen LogP contribution in [0.2, 0.25) is 0 Å². The molecule has 3 aromatic carbocycles. The van der Waals surface area contributed by atoms with E-state index in [1.807, 2.05) is 91.0 Å². The van der Waals surface area contributed by atoms with Gasteiger partial charge in [0.2, 0.25) is 11.8 Å². The van der Waals surface area contributed by atoms with Crippen LogP contribution in [0, 0.1) is 0 Å². The molecule has 33 heavy (non-hydrogen) atoms. The van der Waals surface area contributed by atoms with E-state index in [4.69, 9.17) is 4.74 Å². The molecule has 0 aliphatic heterocycles. The third kappa shape index (κ3) is 7.88. The highest BCUT2D eigenvalue weighted by atomic mass is 16.5. The van der Waals surface area contributed by atoms with Gasteiger partial charge in [-0.1, -0.05) is 91.0 Å². The van der Waals surface area contributed by atoms with Gasteiger partial charge in [-0.05, 0) is 23.1 Å². The predicted octanol–water partition coefficient (Wildman–Crippen LogP) is 4.02. The van der Waals surface area contributed by atoms with Crippen LogP contribution in [0.3, 0.4) is 0 Å². The molecule has 172 valence electrons. The van der Waals surface area contributed by atoms with Gasteiger partial charge in [-0.15, -0.1) is 0 Å². The Balaban J connectivity index is 1.85. The number of carbonyl (C=O) groups is 2. The lowest BCUT2D eigenvalue weighted by molar-refractivity contribution is -0.141. The van der Waals surface area contributed by atoms with Gasteiger partial charge in [0.15, 0.2) is 0 Å². The van der Waals surface area contributed by atoms with Gasteiger partial charge in [0, 0.05) is 33.0 Å². The standard InChI is InChI=1S/C28H32N2O3/c1-33-20-19-29-28(32)26(21-24-13-7-3-8-14-24)30(22-25-15-9-4-10-16-25)27(31)18-17-23-11-5-2-6-12-23/h2-16,26H,17-22H2,1H3,(H,29,32)/t26-/m1/s1. The Morgan fingerprint density at radius 2 is 1.36 bits per heavy atom. The van der Waals surface area contributed by atoms with Crippen LogP contribution >= 0.6 is 0 Å². The van der Waals surface area contributed by atoms with E-state index in [1.165, 1.54) is 0 Å². The summed E-state index contributed by atoms with van der Waals surface area (Å²) in [6.45, 7) is 1.20. The van der Waals surface area contributed by atoms with Crippen LogP contribution in [0.1, 0.15) is 23.1 Å². The van der Waals surface area contributed by atoms with Crippen LogP contribution in [0.25, 0.3) is 0 Å². The second-order valence-electron chi connectivity index (χ2n) is 7.98. The zero-order valence-corrected chi connectivity index (χ0v) is 19.2. The molecular weight excluding hydrogens is 412 g/mol. The Morgan fingerprint density at radius 3 is 1.94 bits per heavy atom. The van der Waals surface area contributed by atoms with Gasteiger partial charge in [0.25, 0.3) is 0 Å². The topological polar surface area (TPSA) is 58.6 Å². The normalized spacial score (nSPS) is 11.5. The fraction of sp³-hybridized carbons (Fsp3) is 0.286. The van der Waals surface area contributed by atoms with Crippen molar-refractivity contribution in [1.82, 2.24) is 10.2 Å². The third-order valence-electron chi connectivity index (χ3n) is 5.54. The maximum absolute atomic E-state index is 13.5. The first-order valence-electron chi connectivity index (χ1n) is 11.3. The summed E-state index contributed by atoms with van der Waals surface area (Å²) in [5.74, 6) is -0.203. The highest BCUT2D eigenvalue weighted by Crippen LogP contribution is 2.17. The molecule has 0 saturated heterocycles. The minimum Gasteiger partial charge on any atom is -0.383 e. The Hall–Kier alpha value is -3.44. The maximum atomic E-state index is 13.5. The number of hydrogen-bond acceptors (Lipinski definition) is 3. The van der Waals surface area contributed by atoms with E-state index in [-0.39, 0.29) is 11.8 Å². The molecule has 0 aromatic heterocycles. The molecule has 0 spiro atoms. The van der Waals surface area contributed by atoms with Gasteiger partial charge >= 0.3 is 0 Å². The minimum absolute atomic E-state index is 0.0365.